The van der Waals surface area contributed by atoms with Crippen LogP contribution in [0.2, 0.25) is 0 Å². The number of thiophene rings is 1. The maximum absolute atomic E-state index is 5.52. The predicted molar refractivity (Wildman–Crippen MR) is 109 cm³/mol. The first-order valence-electron chi connectivity index (χ1n) is 8.93. The molecule has 3 heterocycles. The zero-order valence-corrected chi connectivity index (χ0v) is 15.7. The summed E-state index contributed by atoms with van der Waals surface area (Å²) in [5, 5.41) is 11.1. The first kappa shape index (κ1) is 16.6. The van der Waals surface area contributed by atoms with Gasteiger partial charge in [0.1, 0.15) is 5.69 Å². The van der Waals surface area contributed by atoms with Gasteiger partial charge in [0.05, 0.1) is 22.5 Å². The van der Waals surface area contributed by atoms with Crippen molar-refractivity contribution in [1.82, 2.24) is 19.9 Å². The molecule has 5 rings (SSSR count). The van der Waals surface area contributed by atoms with Gasteiger partial charge in [-0.3, -0.25) is 0 Å². The molecule has 0 radical (unpaired) electrons. The van der Waals surface area contributed by atoms with E-state index in [-0.39, 0.29) is 0 Å². The van der Waals surface area contributed by atoms with Crippen molar-refractivity contribution >= 4 is 11.3 Å². The van der Waals surface area contributed by atoms with Gasteiger partial charge >= 0.3 is 0 Å². The van der Waals surface area contributed by atoms with Crippen LogP contribution in [0.15, 0.2) is 88.9 Å². The molecule has 0 amide bonds. The van der Waals surface area contributed by atoms with Crippen molar-refractivity contribution in [1.29, 1.82) is 0 Å². The van der Waals surface area contributed by atoms with Gasteiger partial charge in [0.15, 0.2) is 0 Å². The fraction of sp³-hybridized carbons (Fsp3) is 0.0455. The third-order valence-electron chi connectivity index (χ3n) is 4.40. The minimum absolute atomic E-state index is 0.552. The molecule has 5 nitrogen and oxygen atoms in total. The summed E-state index contributed by atoms with van der Waals surface area (Å²) in [4.78, 5) is 5.70. The van der Waals surface area contributed by atoms with Crippen molar-refractivity contribution in [2.45, 2.75) is 6.42 Å². The molecule has 0 N–H and O–H groups in total. The molecule has 0 spiro atoms. The lowest BCUT2D eigenvalue weighted by Crippen LogP contribution is -1.93. The third-order valence-corrected chi connectivity index (χ3v) is 5.27. The van der Waals surface area contributed by atoms with Gasteiger partial charge in [-0.1, -0.05) is 59.8 Å². The highest BCUT2D eigenvalue weighted by molar-refractivity contribution is 7.13. The molecule has 0 atom stereocenters. The van der Waals surface area contributed by atoms with Crippen LogP contribution in [0, 0.1) is 0 Å². The van der Waals surface area contributed by atoms with Crippen LogP contribution in [-0.2, 0) is 6.42 Å². The molecular formula is C22H16N4OS. The quantitative estimate of drug-likeness (QED) is 0.416. The van der Waals surface area contributed by atoms with Crippen LogP contribution in [0.3, 0.4) is 0 Å². The Morgan fingerprint density at radius 2 is 1.68 bits per heavy atom. The minimum atomic E-state index is 0.552. The molecule has 2 aromatic carbocycles. The molecule has 0 fully saturated rings. The lowest BCUT2D eigenvalue weighted by molar-refractivity contribution is 0.386. The Balaban J connectivity index is 1.55. The highest BCUT2D eigenvalue weighted by atomic mass is 32.1. The molecule has 0 aliphatic heterocycles. The summed E-state index contributed by atoms with van der Waals surface area (Å²) in [5.74, 6) is 1.14. The van der Waals surface area contributed by atoms with Crippen molar-refractivity contribution in [3.05, 3.63) is 95.8 Å². The van der Waals surface area contributed by atoms with Crippen LogP contribution in [0.5, 0.6) is 0 Å². The summed E-state index contributed by atoms with van der Waals surface area (Å²) < 4.78 is 7.37. The van der Waals surface area contributed by atoms with Gasteiger partial charge in [-0.15, -0.1) is 11.3 Å². The Kier molecular flexibility index (Phi) is 4.31. The second-order valence-electron chi connectivity index (χ2n) is 6.32. The Morgan fingerprint density at radius 3 is 2.43 bits per heavy atom. The fourth-order valence-electron chi connectivity index (χ4n) is 3.05. The second kappa shape index (κ2) is 7.25. The van der Waals surface area contributed by atoms with Crippen molar-refractivity contribution in [3.63, 3.8) is 0 Å². The average Bonchev–Trinajstić information content (AvgIpc) is 3.49. The highest BCUT2D eigenvalue weighted by Crippen LogP contribution is 2.33. The SMILES string of the molecule is c1ccc(Cc2nc(-c3cn(-c4ccccc4)nc3-c3cccs3)no2)cc1. The van der Waals surface area contributed by atoms with E-state index in [4.69, 9.17) is 9.62 Å². The molecule has 6 heteroatoms. The maximum atomic E-state index is 5.52. The smallest absolute Gasteiger partial charge is 0.231 e. The average molecular weight is 384 g/mol. The third kappa shape index (κ3) is 3.25. The van der Waals surface area contributed by atoms with E-state index in [0.29, 0.717) is 18.1 Å². The highest BCUT2D eigenvalue weighted by Gasteiger charge is 2.19. The molecule has 136 valence electrons. The van der Waals surface area contributed by atoms with Crippen LogP contribution in [0.4, 0.5) is 0 Å². The maximum Gasteiger partial charge on any atom is 0.231 e. The van der Waals surface area contributed by atoms with E-state index in [1.165, 1.54) is 0 Å². The van der Waals surface area contributed by atoms with Gasteiger partial charge in [0.2, 0.25) is 11.7 Å². The van der Waals surface area contributed by atoms with Crippen molar-refractivity contribution < 1.29 is 4.52 Å². The van der Waals surface area contributed by atoms with Crippen LogP contribution in [-0.4, -0.2) is 19.9 Å². The Labute approximate surface area is 165 Å². The van der Waals surface area contributed by atoms with Crippen molar-refractivity contribution in [2.24, 2.45) is 0 Å². The molecule has 3 aromatic heterocycles. The summed E-state index contributed by atoms with van der Waals surface area (Å²) >= 11 is 1.64. The Morgan fingerprint density at radius 1 is 0.893 bits per heavy atom. The Bertz CT molecular complexity index is 1180. The molecule has 0 aliphatic rings. The van der Waals surface area contributed by atoms with E-state index in [0.717, 1.165) is 27.4 Å². The van der Waals surface area contributed by atoms with E-state index >= 15 is 0 Å². The Hall–Kier alpha value is -3.51. The van der Waals surface area contributed by atoms with Crippen LogP contribution >= 0.6 is 11.3 Å². The number of rotatable bonds is 5. The van der Waals surface area contributed by atoms with Crippen LogP contribution in [0.1, 0.15) is 11.5 Å². The first-order valence-corrected chi connectivity index (χ1v) is 9.80. The monoisotopic (exact) mass is 384 g/mol. The largest absolute Gasteiger partial charge is 0.339 e. The number of benzene rings is 2. The van der Waals surface area contributed by atoms with Gasteiger partial charge in [0, 0.05) is 6.20 Å². The van der Waals surface area contributed by atoms with Gasteiger partial charge in [-0.2, -0.15) is 10.1 Å². The molecule has 0 bridgehead atoms. The molecule has 28 heavy (non-hydrogen) atoms. The standard InChI is InChI=1S/C22H16N4OS/c1-3-8-16(9-4-1)14-20-23-22(25-27-20)18-15-26(17-10-5-2-6-11-17)24-21(18)19-12-7-13-28-19/h1-13,15H,14H2. The molecule has 0 aliphatic carbocycles. The fourth-order valence-corrected chi connectivity index (χ4v) is 3.78. The number of aromatic nitrogens is 4. The van der Waals surface area contributed by atoms with Gasteiger partial charge in [0.25, 0.3) is 0 Å². The minimum Gasteiger partial charge on any atom is -0.339 e. The second-order valence-corrected chi connectivity index (χ2v) is 7.27. The van der Waals surface area contributed by atoms with E-state index < -0.39 is 0 Å². The summed E-state index contributed by atoms with van der Waals surface area (Å²) in [6, 6.07) is 24.2. The zero-order valence-electron chi connectivity index (χ0n) is 14.9. The van der Waals surface area contributed by atoms with E-state index in [2.05, 4.69) is 16.2 Å². The van der Waals surface area contributed by atoms with Crippen LogP contribution in [0.25, 0.3) is 27.6 Å². The summed E-state index contributed by atoms with van der Waals surface area (Å²) in [6.07, 6.45) is 2.57. The zero-order chi connectivity index (χ0) is 18.8. The van der Waals surface area contributed by atoms with Gasteiger partial charge in [-0.05, 0) is 29.1 Å². The lowest BCUT2D eigenvalue weighted by Gasteiger charge is -1.98. The normalized spacial score (nSPS) is 11.0. The number of para-hydroxylation sites is 1. The predicted octanol–water partition coefficient (Wildman–Crippen LogP) is 5.24. The van der Waals surface area contributed by atoms with Crippen molar-refractivity contribution in [2.75, 3.05) is 0 Å². The van der Waals surface area contributed by atoms with Gasteiger partial charge in [-0.25, -0.2) is 4.68 Å². The summed E-state index contributed by atoms with van der Waals surface area (Å²) in [7, 11) is 0. The van der Waals surface area contributed by atoms with Crippen molar-refractivity contribution in [3.8, 4) is 27.6 Å². The molecule has 0 unspecified atom stereocenters. The number of hydrogen-bond acceptors (Lipinski definition) is 5. The first-order chi connectivity index (χ1) is 13.9. The topological polar surface area (TPSA) is 56.7 Å². The number of nitrogens with zero attached hydrogens (tertiary/aromatic N) is 4. The molecule has 5 aromatic rings. The summed E-state index contributed by atoms with van der Waals surface area (Å²) in [6.45, 7) is 0. The molecule has 0 saturated carbocycles. The number of hydrogen-bond donors (Lipinski definition) is 0. The van der Waals surface area contributed by atoms with E-state index in [9.17, 15) is 0 Å². The molecular weight excluding hydrogens is 368 g/mol. The molecule has 0 saturated heterocycles. The van der Waals surface area contributed by atoms with E-state index in [1.54, 1.807) is 11.3 Å². The van der Waals surface area contributed by atoms with Crippen LogP contribution < -0.4 is 0 Å². The lowest BCUT2D eigenvalue weighted by atomic mass is 10.1. The van der Waals surface area contributed by atoms with E-state index in [1.807, 2.05) is 83.0 Å². The summed E-state index contributed by atoms with van der Waals surface area (Å²) in [5.41, 5.74) is 3.83. The van der Waals surface area contributed by atoms with Gasteiger partial charge < -0.3 is 4.52 Å².